The van der Waals surface area contributed by atoms with Crippen molar-refractivity contribution < 1.29 is 4.39 Å². The Kier molecular flexibility index (Phi) is 2.77. The average Bonchev–Trinajstić information content (AvgIpc) is 2.50. The van der Waals surface area contributed by atoms with E-state index in [1.807, 2.05) is 31.5 Å². The highest BCUT2D eigenvalue weighted by molar-refractivity contribution is 5.24. The Balaban J connectivity index is 2.34. The average molecular weight is 218 g/mol. The predicted octanol–water partition coefficient (Wildman–Crippen LogP) is 3.00. The van der Waals surface area contributed by atoms with Gasteiger partial charge in [0.15, 0.2) is 0 Å². The summed E-state index contributed by atoms with van der Waals surface area (Å²) in [6.07, 6.45) is 0. The Morgan fingerprint density at radius 1 is 1.19 bits per heavy atom. The van der Waals surface area contributed by atoms with Crippen molar-refractivity contribution in [1.82, 2.24) is 9.78 Å². The maximum absolute atomic E-state index is 13.5. The van der Waals surface area contributed by atoms with E-state index in [0.29, 0.717) is 12.1 Å². The van der Waals surface area contributed by atoms with E-state index in [4.69, 9.17) is 0 Å². The van der Waals surface area contributed by atoms with E-state index in [2.05, 4.69) is 5.10 Å². The summed E-state index contributed by atoms with van der Waals surface area (Å²) >= 11 is 0. The molecule has 0 atom stereocenters. The third kappa shape index (κ3) is 1.85. The molecule has 0 unspecified atom stereocenters. The van der Waals surface area contributed by atoms with E-state index in [1.165, 1.54) is 11.6 Å². The second-order valence-electron chi connectivity index (χ2n) is 4.04. The minimum Gasteiger partial charge on any atom is -0.265 e. The summed E-state index contributed by atoms with van der Waals surface area (Å²) in [5.74, 6) is -0.173. The van der Waals surface area contributed by atoms with Crippen LogP contribution in [0.15, 0.2) is 24.3 Å². The highest BCUT2D eigenvalue weighted by Gasteiger charge is 2.09. The van der Waals surface area contributed by atoms with Gasteiger partial charge in [-0.25, -0.2) is 4.39 Å². The molecule has 0 spiro atoms. The molecule has 16 heavy (non-hydrogen) atoms. The molecule has 84 valence electrons. The minimum absolute atomic E-state index is 0.173. The fourth-order valence-electron chi connectivity index (χ4n) is 1.73. The molecule has 0 amide bonds. The largest absolute Gasteiger partial charge is 0.265 e. The highest BCUT2D eigenvalue weighted by Crippen LogP contribution is 2.14. The zero-order valence-corrected chi connectivity index (χ0v) is 9.79. The van der Waals surface area contributed by atoms with Crippen molar-refractivity contribution in [3.05, 3.63) is 52.6 Å². The number of aromatic nitrogens is 2. The number of rotatable bonds is 2. The van der Waals surface area contributed by atoms with Crippen LogP contribution >= 0.6 is 0 Å². The van der Waals surface area contributed by atoms with Gasteiger partial charge in [0, 0.05) is 11.3 Å². The first-order chi connectivity index (χ1) is 7.59. The van der Waals surface area contributed by atoms with Gasteiger partial charge >= 0.3 is 0 Å². The lowest BCUT2D eigenvalue weighted by atomic mass is 10.2. The van der Waals surface area contributed by atoms with E-state index >= 15 is 0 Å². The maximum atomic E-state index is 13.5. The van der Waals surface area contributed by atoms with Crippen LogP contribution in [0.25, 0.3) is 0 Å². The highest BCUT2D eigenvalue weighted by atomic mass is 19.1. The molecule has 0 saturated heterocycles. The predicted molar refractivity (Wildman–Crippen MR) is 61.9 cm³/mol. The van der Waals surface area contributed by atoms with Crippen molar-refractivity contribution in [3.63, 3.8) is 0 Å². The van der Waals surface area contributed by atoms with Crippen molar-refractivity contribution in [2.45, 2.75) is 27.3 Å². The molecule has 1 aromatic heterocycles. The summed E-state index contributed by atoms with van der Waals surface area (Å²) in [5, 5.41) is 4.40. The van der Waals surface area contributed by atoms with Crippen LogP contribution in [-0.2, 0) is 6.54 Å². The molecule has 0 aliphatic carbocycles. The number of hydrogen-bond donors (Lipinski definition) is 0. The fraction of sp³-hybridized carbons (Fsp3) is 0.308. The Bertz CT molecular complexity index is 515. The monoisotopic (exact) mass is 218 g/mol. The molecule has 1 aromatic carbocycles. The van der Waals surface area contributed by atoms with Gasteiger partial charge in [0.2, 0.25) is 0 Å². The van der Waals surface area contributed by atoms with Crippen LogP contribution in [0.5, 0.6) is 0 Å². The van der Waals surface area contributed by atoms with Crippen molar-refractivity contribution in [3.8, 4) is 0 Å². The van der Waals surface area contributed by atoms with Gasteiger partial charge in [-0.15, -0.1) is 0 Å². The summed E-state index contributed by atoms with van der Waals surface area (Å²) in [6.45, 7) is 6.51. The molecule has 2 nitrogen and oxygen atoms in total. The van der Waals surface area contributed by atoms with Gasteiger partial charge < -0.3 is 0 Å². The second-order valence-corrected chi connectivity index (χ2v) is 4.04. The van der Waals surface area contributed by atoms with Crippen LogP contribution in [0.4, 0.5) is 4.39 Å². The molecule has 2 aromatic rings. The lowest BCUT2D eigenvalue weighted by molar-refractivity contribution is 0.578. The van der Waals surface area contributed by atoms with Crippen molar-refractivity contribution >= 4 is 0 Å². The number of aryl methyl sites for hydroxylation is 1. The van der Waals surface area contributed by atoms with Crippen LogP contribution in [0.2, 0.25) is 0 Å². The minimum atomic E-state index is -0.173. The maximum Gasteiger partial charge on any atom is 0.128 e. The summed E-state index contributed by atoms with van der Waals surface area (Å²) in [4.78, 5) is 0. The first kappa shape index (κ1) is 10.9. The topological polar surface area (TPSA) is 17.8 Å². The molecule has 0 radical (unpaired) electrons. The van der Waals surface area contributed by atoms with E-state index in [1.54, 1.807) is 12.1 Å². The van der Waals surface area contributed by atoms with Crippen LogP contribution in [0.1, 0.15) is 22.5 Å². The van der Waals surface area contributed by atoms with E-state index in [9.17, 15) is 4.39 Å². The Labute approximate surface area is 94.7 Å². The van der Waals surface area contributed by atoms with Gasteiger partial charge in [0.1, 0.15) is 5.82 Å². The molecular weight excluding hydrogens is 203 g/mol. The van der Waals surface area contributed by atoms with Gasteiger partial charge in [0.25, 0.3) is 0 Å². The summed E-state index contributed by atoms with van der Waals surface area (Å²) in [6, 6.07) is 6.82. The van der Waals surface area contributed by atoms with Gasteiger partial charge in [-0.1, -0.05) is 18.2 Å². The summed E-state index contributed by atoms with van der Waals surface area (Å²) < 4.78 is 15.3. The molecule has 0 fully saturated rings. The third-order valence-electron chi connectivity index (χ3n) is 3.02. The molecule has 0 bridgehead atoms. The zero-order chi connectivity index (χ0) is 11.7. The Morgan fingerprint density at radius 2 is 1.88 bits per heavy atom. The molecule has 0 N–H and O–H groups in total. The van der Waals surface area contributed by atoms with Crippen molar-refractivity contribution in [2.24, 2.45) is 0 Å². The van der Waals surface area contributed by atoms with Gasteiger partial charge in [0.05, 0.1) is 12.2 Å². The fourth-order valence-corrected chi connectivity index (χ4v) is 1.73. The first-order valence-electron chi connectivity index (χ1n) is 5.33. The van der Waals surface area contributed by atoms with E-state index in [0.717, 1.165) is 11.4 Å². The smallest absolute Gasteiger partial charge is 0.128 e. The molecular formula is C13H15FN2. The first-order valence-corrected chi connectivity index (χ1v) is 5.33. The Morgan fingerprint density at radius 3 is 2.44 bits per heavy atom. The molecule has 0 aliphatic heterocycles. The van der Waals surface area contributed by atoms with Crippen molar-refractivity contribution in [2.75, 3.05) is 0 Å². The summed E-state index contributed by atoms with van der Waals surface area (Å²) in [5.41, 5.74) is 3.96. The van der Waals surface area contributed by atoms with E-state index < -0.39 is 0 Å². The lowest BCUT2D eigenvalue weighted by Crippen LogP contribution is -2.05. The van der Waals surface area contributed by atoms with Gasteiger partial charge in [-0.05, 0) is 32.4 Å². The van der Waals surface area contributed by atoms with Crippen LogP contribution in [0.3, 0.4) is 0 Å². The number of benzene rings is 1. The lowest BCUT2D eigenvalue weighted by Gasteiger charge is -2.05. The Hall–Kier alpha value is -1.64. The number of hydrogen-bond acceptors (Lipinski definition) is 1. The molecule has 0 aliphatic rings. The van der Waals surface area contributed by atoms with Crippen LogP contribution in [-0.4, -0.2) is 9.78 Å². The van der Waals surface area contributed by atoms with Crippen LogP contribution in [0, 0.1) is 26.6 Å². The van der Waals surface area contributed by atoms with Crippen LogP contribution < -0.4 is 0 Å². The standard InChI is InChI=1S/C13H15FN2/c1-9-10(2)15-16(11(9)3)8-12-6-4-5-7-13(12)14/h4-7H,8H2,1-3H3. The molecule has 0 saturated carbocycles. The molecule has 3 heteroatoms. The normalized spacial score (nSPS) is 10.8. The zero-order valence-electron chi connectivity index (χ0n) is 9.79. The van der Waals surface area contributed by atoms with Gasteiger partial charge in [-0.2, -0.15) is 5.10 Å². The van der Waals surface area contributed by atoms with Crippen molar-refractivity contribution in [1.29, 1.82) is 0 Å². The molecule has 2 rings (SSSR count). The molecule has 1 heterocycles. The third-order valence-corrected chi connectivity index (χ3v) is 3.02. The van der Waals surface area contributed by atoms with E-state index in [-0.39, 0.29) is 5.82 Å². The number of halogens is 1. The van der Waals surface area contributed by atoms with Gasteiger partial charge in [-0.3, -0.25) is 4.68 Å². The number of nitrogens with zero attached hydrogens (tertiary/aromatic N) is 2. The quantitative estimate of drug-likeness (QED) is 0.757. The summed E-state index contributed by atoms with van der Waals surface area (Å²) in [7, 11) is 0. The SMILES string of the molecule is Cc1nn(Cc2ccccc2F)c(C)c1C. The second kappa shape index (κ2) is 4.08.